The van der Waals surface area contributed by atoms with Gasteiger partial charge in [-0.3, -0.25) is 4.98 Å². The van der Waals surface area contributed by atoms with Crippen molar-refractivity contribution in [1.82, 2.24) is 4.98 Å². The van der Waals surface area contributed by atoms with Crippen molar-refractivity contribution < 1.29 is 5.11 Å². The second-order valence-electron chi connectivity index (χ2n) is 5.60. The number of para-hydroxylation sites is 1. The fraction of sp³-hybridized carbons (Fsp3) is 0.211. The first kappa shape index (κ1) is 14.5. The predicted octanol–water partition coefficient (Wildman–Crippen LogP) is 4.21. The summed E-state index contributed by atoms with van der Waals surface area (Å²) in [6, 6.07) is 18.4. The molecule has 0 radical (unpaired) electrons. The number of rotatable bonds is 4. The predicted molar refractivity (Wildman–Crippen MR) is 90.9 cm³/mol. The summed E-state index contributed by atoms with van der Waals surface area (Å²) in [5.74, 6) is 0. The molecule has 0 amide bonds. The standard InChI is InChI=1S/C19H20N2O/c1-13-9-10-16-6-4-8-18(19(16)20-13)21-14(2)17-7-3-5-15(11-17)12-22/h3-11,14,21-22H,12H2,1-2H3. The van der Waals surface area contributed by atoms with E-state index in [2.05, 4.69) is 41.5 Å². The minimum absolute atomic E-state index is 0.0651. The Morgan fingerprint density at radius 2 is 1.91 bits per heavy atom. The Kier molecular flexibility index (Phi) is 4.07. The van der Waals surface area contributed by atoms with E-state index >= 15 is 0 Å². The second-order valence-corrected chi connectivity index (χ2v) is 5.60. The first-order valence-electron chi connectivity index (χ1n) is 7.50. The molecule has 112 valence electrons. The maximum absolute atomic E-state index is 9.28. The van der Waals surface area contributed by atoms with E-state index in [1.165, 1.54) is 0 Å². The van der Waals surface area contributed by atoms with Gasteiger partial charge in [0.05, 0.1) is 17.8 Å². The van der Waals surface area contributed by atoms with Crippen LogP contribution in [0.2, 0.25) is 0 Å². The molecule has 0 aliphatic heterocycles. The molecule has 2 N–H and O–H groups in total. The minimum atomic E-state index is 0.0651. The lowest BCUT2D eigenvalue weighted by Crippen LogP contribution is -2.08. The van der Waals surface area contributed by atoms with Gasteiger partial charge in [0.15, 0.2) is 0 Å². The Hall–Kier alpha value is -2.39. The number of pyridine rings is 1. The van der Waals surface area contributed by atoms with Gasteiger partial charge in [0, 0.05) is 17.1 Å². The molecule has 0 bridgehead atoms. The van der Waals surface area contributed by atoms with Gasteiger partial charge in [0.2, 0.25) is 0 Å². The highest BCUT2D eigenvalue weighted by atomic mass is 16.3. The molecule has 1 unspecified atom stereocenters. The Labute approximate surface area is 130 Å². The molecule has 1 atom stereocenters. The van der Waals surface area contributed by atoms with Crippen molar-refractivity contribution in [2.75, 3.05) is 5.32 Å². The van der Waals surface area contributed by atoms with Crippen LogP contribution in [0.5, 0.6) is 0 Å². The summed E-state index contributed by atoms with van der Waals surface area (Å²) in [4.78, 5) is 4.65. The molecule has 0 saturated heterocycles. The first-order valence-corrected chi connectivity index (χ1v) is 7.50. The highest BCUT2D eigenvalue weighted by Crippen LogP contribution is 2.26. The summed E-state index contributed by atoms with van der Waals surface area (Å²) in [5.41, 5.74) is 5.11. The number of aliphatic hydroxyl groups is 1. The van der Waals surface area contributed by atoms with Gasteiger partial charge in [0.1, 0.15) is 0 Å². The van der Waals surface area contributed by atoms with E-state index in [4.69, 9.17) is 0 Å². The van der Waals surface area contributed by atoms with Crippen LogP contribution in [0.15, 0.2) is 54.6 Å². The molecule has 0 spiro atoms. The third-order valence-electron chi connectivity index (χ3n) is 3.87. The summed E-state index contributed by atoms with van der Waals surface area (Å²) in [7, 11) is 0. The van der Waals surface area contributed by atoms with Crippen LogP contribution >= 0.6 is 0 Å². The molecule has 3 aromatic rings. The summed E-state index contributed by atoms with van der Waals surface area (Å²) >= 11 is 0. The van der Waals surface area contributed by atoms with E-state index in [0.717, 1.165) is 33.4 Å². The van der Waals surface area contributed by atoms with Crippen LogP contribution in [0, 0.1) is 6.92 Å². The summed E-state index contributed by atoms with van der Waals surface area (Å²) in [6.45, 7) is 4.19. The van der Waals surface area contributed by atoms with Crippen LogP contribution in [0.1, 0.15) is 29.8 Å². The topological polar surface area (TPSA) is 45.1 Å². The van der Waals surface area contributed by atoms with Gasteiger partial charge in [-0.15, -0.1) is 0 Å². The molecule has 3 nitrogen and oxygen atoms in total. The van der Waals surface area contributed by atoms with Gasteiger partial charge in [0.25, 0.3) is 0 Å². The molecule has 3 heteroatoms. The number of hydrogen-bond donors (Lipinski definition) is 2. The molecule has 0 saturated carbocycles. The van der Waals surface area contributed by atoms with Gasteiger partial charge < -0.3 is 10.4 Å². The van der Waals surface area contributed by atoms with E-state index in [1.54, 1.807) is 0 Å². The zero-order valence-electron chi connectivity index (χ0n) is 12.9. The van der Waals surface area contributed by atoms with E-state index in [0.29, 0.717) is 0 Å². The number of anilines is 1. The van der Waals surface area contributed by atoms with Gasteiger partial charge in [-0.25, -0.2) is 0 Å². The Balaban J connectivity index is 1.93. The van der Waals surface area contributed by atoms with Crippen molar-refractivity contribution in [1.29, 1.82) is 0 Å². The van der Waals surface area contributed by atoms with E-state index in [9.17, 15) is 5.11 Å². The van der Waals surface area contributed by atoms with Crippen molar-refractivity contribution in [2.45, 2.75) is 26.5 Å². The third kappa shape index (κ3) is 2.95. The Morgan fingerprint density at radius 1 is 1.09 bits per heavy atom. The number of nitrogens with one attached hydrogen (secondary N) is 1. The van der Waals surface area contributed by atoms with Crippen molar-refractivity contribution in [2.24, 2.45) is 0 Å². The molecule has 2 aromatic carbocycles. The summed E-state index contributed by atoms with van der Waals surface area (Å²) in [6.07, 6.45) is 0. The summed E-state index contributed by atoms with van der Waals surface area (Å²) < 4.78 is 0. The fourth-order valence-corrected chi connectivity index (χ4v) is 2.64. The van der Waals surface area contributed by atoms with Gasteiger partial charge >= 0.3 is 0 Å². The largest absolute Gasteiger partial charge is 0.392 e. The summed E-state index contributed by atoms with van der Waals surface area (Å²) in [5, 5.41) is 13.9. The zero-order valence-corrected chi connectivity index (χ0v) is 12.9. The molecular weight excluding hydrogens is 272 g/mol. The molecule has 0 aliphatic carbocycles. The second kappa shape index (κ2) is 6.16. The Morgan fingerprint density at radius 3 is 2.73 bits per heavy atom. The van der Waals surface area contributed by atoms with Gasteiger partial charge in [-0.2, -0.15) is 0 Å². The van der Waals surface area contributed by atoms with E-state index in [1.807, 2.05) is 37.3 Å². The monoisotopic (exact) mass is 292 g/mol. The third-order valence-corrected chi connectivity index (χ3v) is 3.87. The average molecular weight is 292 g/mol. The van der Waals surface area contributed by atoms with E-state index < -0.39 is 0 Å². The number of aliphatic hydroxyl groups excluding tert-OH is 1. The van der Waals surface area contributed by atoms with Crippen LogP contribution in [-0.2, 0) is 6.61 Å². The van der Waals surface area contributed by atoms with Crippen molar-refractivity contribution in [3.63, 3.8) is 0 Å². The van der Waals surface area contributed by atoms with Crippen molar-refractivity contribution in [3.05, 3.63) is 71.4 Å². The first-order chi connectivity index (χ1) is 10.7. The fourth-order valence-electron chi connectivity index (χ4n) is 2.64. The van der Waals surface area contributed by atoms with E-state index in [-0.39, 0.29) is 12.6 Å². The van der Waals surface area contributed by atoms with Crippen molar-refractivity contribution >= 4 is 16.6 Å². The number of nitrogens with zero attached hydrogens (tertiary/aromatic N) is 1. The number of aryl methyl sites for hydroxylation is 1. The molecular formula is C19H20N2O. The number of hydrogen-bond acceptors (Lipinski definition) is 3. The van der Waals surface area contributed by atoms with Crippen LogP contribution in [0.4, 0.5) is 5.69 Å². The molecule has 1 heterocycles. The maximum Gasteiger partial charge on any atom is 0.0936 e. The quantitative estimate of drug-likeness (QED) is 0.757. The number of aromatic nitrogens is 1. The number of benzene rings is 2. The van der Waals surface area contributed by atoms with Gasteiger partial charge in [-0.05, 0) is 37.1 Å². The number of fused-ring (bicyclic) bond motifs is 1. The lowest BCUT2D eigenvalue weighted by atomic mass is 10.0. The molecule has 0 aliphatic rings. The van der Waals surface area contributed by atoms with Crippen LogP contribution in [-0.4, -0.2) is 10.1 Å². The molecule has 1 aromatic heterocycles. The van der Waals surface area contributed by atoms with Crippen molar-refractivity contribution in [3.8, 4) is 0 Å². The molecule has 3 rings (SSSR count). The van der Waals surface area contributed by atoms with Crippen LogP contribution in [0.25, 0.3) is 10.9 Å². The zero-order chi connectivity index (χ0) is 15.5. The minimum Gasteiger partial charge on any atom is -0.392 e. The normalized spacial score (nSPS) is 12.3. The highest BCUT2D eigenvalue weighted by Gasteiger charge is 2.09. The average Bonchev–Trinajstić information content (AvgIpc) is 2.55. The maximum atomic E-state index is 9.28. The SMILES string of the molecule is Cc1ccc2cccc(NC(C)c3cccc(CO)c3)c2n1. The molecule has 22 heavy (non-hydrogen) atoms. The lowest BCUT2D eigenvalue weighted by molar-refractivity contribution is 0.281. The molecule has 0 fully saturated rings. The van der Waals surface area contributed by atoms with Crippen LogP contribution in [0.3, 0.4) is 0 Å². The smallest absolute Gasteiger partial charge is 0.0936 e. The lowest BCUT2D eigenvalue weighted by Gasteiger charge is -2.17. The highest BCUT2D eigenvalue weighted by molar-refractivity contribution is 5.90. The van der Waals surface area contributed by atoms with Crippen LogP contribution < -0.4 is 5.32 Å². The Bertz CT molecular complexity index is 798. The van der Waals surface area contributed by atoms with Gasteiger partial charge in [-0.1, -0.05) is 42.5 Å².